The van der Waals surface area contributed by atoms with Crippen LogP contribution in [-0.4, -0.2) is 38.7 Å². The van der Waals surface area contributed by atoms with Gasteiger partial charge in [-0.25, -0.2) is 4.39 Å². The average Bonchev–Trinajstić information content (AvgIpc) is 2.67. The predicted molar refractivity (Wildman–Crippen MR) is 102 cm³/mol. The van der Waals surface area contributed by atoms with Gasteiger partial charge >= 0.3 is 0 Å². The molecule has 0 aliphatic rings. The van der Waals surface area contributed by atoms with Gasteiger partial charge in [-0.3, -0.25) is 4.79 Å². The molecule has 2 rings (SSSR count). The fourth-order valence-electron chi connectivity index (χ4n) is 2.62. The van der Waals surface area contributed by atoms with E-state index in [0.717, 1.165) is 12.8 Å². The van der Waals surface area contributed by atoms with Crippen LogP contribution in [-0.2, 0) is 6.54 Å². The Morgan fingerprint density at radius 1 is 1.04 bits per heavy atom. The van der Waals surface area contributed by atoms with E-state index < -0.39 is 5.82 Å². The summed E-state index contributed by atoms with van der Waals surface area (Å²) in [6, 6.07) is 9.76. The van der Waals surface area contributed by atoms with Gasteiger partial charge in [0.05, 0.1) is 20.8 Å². The van der Waals surface area contributed by atoms with Crippen molar-refractivity contribution in [2.75, 3.05) is 27.9 Å². The van der Waals surface area contributed by atoms with E-state index in [1.807, 2.05) is 0 Å². The van der Waals surface area contributed by atoms with Crippen LogP contribution in [0, 0.1) is 5.82 Å². The van der Waals surface area contributed by atoms with Crippen LogP contribution in [0.2, 0.25) is 0 Å². The summed E-state index contributed by atoms with van der Waals surface area (Å²) in [4.78, 5) is 14.2. The van der Waals surface area contributed by atoms with Crippen molar-refractivity contribution in [3.63, 3.8) is 0 Å². The van der Waals surface area contributed by atoms with Gasteiger partial charge in [-0.1, -0.05) is 19.4 Å². The van der Waals surface area contributed by atoms with Crippen molar-refractivity contribution in [1.29, 1.82) is 0 Å². The summed E-state index contributed by atoms with van der Waals surface area (Å²) in [5.41, 5.74) is 1.15. The highest BCUT2D eigenvalue weighted by Crippen LogP contribution is 2.29. The number of carbonyl (C=O) groups excluding carboxylic acids is 1. The van der Waals surface area contributed by atoms with Gasteiger partial charge in [0.2, 0.25) is 0 Å². The van der Waals surface area contributed by atoms with Crippen LogP contribution >= 0.6 is 0 Å². The zero-order valence-electron chi connectivity index (χ0n) is 16.3. The Bertz CT molecular complexity index is 779. The lowest BCUT2D eigenvalue weighted by Gasteiger charge is -2.19. The maximum Gasteiger partial charge on any atom is 0.254 e. The summed E-state index contributed by atoms with van der Waals surface area (Å²) in [6.45, 7) is 2.97. The molecule has 6 heteroatoms. The molecule has 0 N–H and O–H groups in total. The monoisotopic (exact) mass is 375 g/mol. The highest BCUT2D eigenvalue weighted by molar-refractivity contribution is 5.94. The number of halogens is 1. The molecule has 5 nitrogen and oxygen atoms in total. The second-order valence-corrected chi connectivity index (χ2v) is 6.20. The zero-order chi connectivity index (χ0) is 19.8. The number of benzene rings is 2. The second-order valence-electron chi connectivity index (χ2n) is 6.20. The molecule has 0 aliphatic carbocycles. The van der Waals surface area contributed by atoms with Crippen molar-refractivity contribution < 1.29 is 23.4 Å². The molecule has 146 valence electrons. The summed E-state index contributed by atoms with van der Waals surface area (Å²) in [5.74, 6) is 0.662. The van der Waals surface area contributed by atoms with Crippen molar-refractivity contribution >= 4 is 5.91 Å². The lowest BCUT2D eigenvalue weighted by molar-refractivity contribution is 0.0784. The number of hydrogen-bond donors (Lipinski definition) is 0. The first-order valence-electron chi connectivity index (χ1n) is 8.88. The van der Waals surface area contributed by atoms with Gasteiger partial charge in [0.25, 0.3) is 5.91 Å². The van der Waals surface area contributed by atoms with E-state index in [9.17, 15) is 9.18 Å². The minimum absolute atomic E-state index is 0.177. The van der Waals surface area contributed by atoms with Crippen molar-refractivity contribution in [3.05, 3.63) is 53.3 Å². The van der Waals surface area contributed by atoms with E-state index in [4.69, 9.17) is 14.2 Å². The normalized spacial score (nSPS) is 10.4. The number of rotatable bonds is 9. The van der Waals surface area contributed by atoms with E-state index in [1.165, 1.54) is 18.1 Å². The Hall–Kier alpha value is -2.76. The molecule has 0 bridgehead atoms. The Balaban J connectivity index is 2.10. The molecule has 1 amide bonds. The van der Waals surface area contributed by atoms with E-state index in [-0.39, 0.29) is 18.2 Å². The summed E-state index contributed by atoms with van der Waals surface area (Å²) in [5, 5.41) is 0. The third-order valence-electron chi connectivity index (χ3n) is 4.15. The molecular weight excluding hydrogens is 349 g/mol. The minimum atomic E-state index is -0.453. The number of methoxy groups -OCH3 is 2. The molecule has 0 atom stereocenters. The molecule has 2 aromatic rings. The second kappa shape index (κ2) is 9.80. The smallest absolute Gasteiger partial charge is 0.254 e. The zero-order valence-corrected chi connectivity index (χ0v) is 16.3. The number of hydrogen-bond acceptors (Lipinski definition) is 4. The van der Waals surface area contributed by atoms with E-state index >= 15 is 0 Å². The predicted octanol–water partition coefficient (Wildman–Crippen LogP) is 4.29. The van der Waals surface area contributed by atoms with E-state index in [2.05, 4.69) is 6.92 Å². The lowest BCUT2D eigenvalue weighted by atomic mass is 10.1. The van der Waals surface area contributed by atoms with Crippen molar-refractivity contribution in [3.8, 4) is 17.2 Å². The highest BCUT2D eigenvalue weighted by Gasteiger charge is 2.16. The minimum Gasteiger partial charge on any atom is -0.494 e. The first-order valence-corrected chi connectivity index (χ1v) is 8.88. The number of ether oxygens (including phenoxy) is 3. The largest absolute Gasteiger partial charge is 0.494 e. The fourth-order valence-corrected chi connectivity index (χ4v) is 2.62. The molecule has 0 saturated heterocycles. The Morgan fingerprint density at radius 3 is 2.37 bits per heavy atom. The molecule has 0 aliphatic heterocycles. The molecule has 0 aromatic heterocycles. The molecule has 0 spiro atoms. The van der Waals surface area contributed by atoms with Crippen LogP contribution < -0.4 is 14.2 Å². The van der Waals surface area contributed by atoms with Crippen LogP contribution in [0.5, 0.6) is 17.2 Å². The number of carbonyl (C=O) groups is 1. The first-order chi connectivity index (χ1) is 13.0. The molecule has 0 heterocycles. The molecule has 0 saturated carbocycles. The summed E-state index contributed by atoms with van der Waals surface area (Å²) >= 11 is 0. The number of unbranched alkanes of at least 4 members (excludes halogenated alkanes) is 1. The molecule has 0 unspecified atom stereocenters. The van der Waals surface area contributed by atoms with Gasteiger partial charge < -0.3 is 19.1 Å². The maximum absolute atomic E-state index is 13.8. The van der Waals surface area contributed by atoms with Crippen LogP contribution in [0.4, 0.5) is 4.39 Å². The number of amides is 1. The van der Waals surface area contributed by atoms with Gasteiger partial charge in [0, 0.05) is 19.2 Å². The summed E-state index contributed by atoms with van der Waals surface area (Å²) in [7, 11) is 4.62. The van der Waals surface area contributed by atoms with E-state index in [1.54, 1.807) is 44.5 Å². The quantitative estimate of drug-likeness (QED) is 0.614. The summed E-state index contributed by atoms with van der Waals surface area (Å²) in [6.07, 6.45) is 1.99. The van der Waals surface area contributed by atoms with Crippen LogP contribution in [0.15, 0.2) is 36.4 Å². The molecule has 0 radical (unpaired) electrons. The number of nitrogens with zero attached hydrogens (tertiary/aromatic N) is 1. The van der Waals surface area contributed by atoms with Crippen molar-refractivity contribution in [2.45, 2.75) is 26.3 Å². The van der Waals surface area contributed by atoms with Crippen molar-refractivity contribution in [1.82, 2.24) is 4.90 Å². The first kappa shape index (κ1) is 20.6. The standard InChI is InChI=1S/C21H26FNO4/c1-5-6-11-27-19-10-8-16(13-20(19)26-4)21(24)23(2)14-15-7-9-18(25-3)17(22)12-15/h7-10,12-13H,5-6,11,14H2,1-4H3. The molecule has 2 aromatic carbocycles. The SMILES string of the molecule is CCCCOc1ccc(C(=O)N(C)Cc2ccc(OC)c(F)c2)cc1OC. The average molecular weight is 375 g/mol. The molecular formula is C21H26FNO4. The molecule has 27 heavy (non-hydrogen) atoms. The maximum atomic E-state index is 13.8. The van der Waals surface area contributed by atoms with Gasteiger partial charge in [0.1, 0.15) is 0 Å². The van der Waals surface area contributed by atoms with E-state index in [0.29, 0.717) is 29.2 Å². The van der Waals surface area contributed by atoms with Gasteiger partial charge in [-0.2, -0.15) is 0 Å². The van der Waals surface area contributed by atoms with Crippen LogP contribution in [0.3, 0.4) is 0 Å². The fraction of sp³-hybridized carbons (Fsp3) is 0.381. The van der Waals surface area contributed by atoms with Gasteiger partial charge in [-0.15, -0.1) is 0 Å². The highest BCUT2D eigenvalue weighted by atomic mass is 19.1. The Kier molecular flexibility index (Phi) is 7.46. The van der Waals surface area contributed by atoms with Crippen LogP contribution in [0.1, 0.15) is 35.7 Å². The Morgan fingerprint density at radius 2 is 1.74 bits per heavy atom. The van der Waals surface area contributed by atoms with Crippen molar-refractivity contribution in [2.24, 2.45) is 0 Å². The summed E-state index contributed by atoms with van der Waals surface area (Å²) < 4.78 is 29.8. The third-order valence-corrected chi connectivity index (χ3v) is 4.15. The Labute approximate surface area is 159 Å². The topological polar surface area (TPSA) is 48.0 Å². The van der Waals surface area contributed by atoms with Gasteiger partial charge in [0.15, 0.2) is 23.1 Å². The molecule has 0 fully saturated rings. The van der Waals surface area contributed by atoms with Crippen LogP contribution in [0.25, 0.3) is 0 Å². The third kappa shape index (κ3) is 5.36. The lowest BCUT2D eigenvalue weighted by Crippen LogP contribution is -2.26. The van der Waals surface area contributed by atoms with Gasteiger partial charge in [-0.05, 0) is 42.3 Å².